The maximum absolute atomic E-state index is 12.9. The molecular weight excluding hydrogens is 371 g/mol. The minimum atomic E-state index is -3.50. The Hall–Kier alpha value is -3.00. The zero-order chi connectivity index (χ0) is 19.3. The number of benzene rings is 2. The average Bonchev–Trinajstić information content (AvgIpc) is 3.15. The van der Waals surface area contributed by atoms with Crippen molar-refractivity contribution in [1.29, 1.82) is 0 Å². The Morgan fingerprint density at radius 1 is 1.07 bits per heavy atom. The first-order valence-corrected chi connectivity index (χ1v) is 9.85. The quantitative estimate of drug-likeness (QED) is 0.672. The molecule has 0 aliphatic rings. The molecule has 1 N–H and O–H groups in total. The first-order chi connectivity index (χ1) is 12.9. The van der Waals surface area contributed by atoms with Gasteiger partial charge in [0.05, 0.1) is 17.2 Å². The van der Waals surface area contributed by atoms with Crippen molar-refractivity contribution < 1.29 is 22.1 Å². The van der Waals surface area contributed by atoms with Crippen LogP contribution in [-0.2, 0) is 21.2 Å². The summed E-state index contributed by atoms with van der Waals surface area (Å²) in [5, 5.41) is 6.45. The smallest absolute Gasteiger partial charge is 0.221 e. The highest BCUT2D eigenvalue weighted by Crippen LogP contribution is 2.20. The molecule has 0 unspecified atom stereocenters. The number of rotatable bonds is 7. The van der Waals surface area contributed by atoms with Gasteiger partial charge in [0.2, 0.25) is 5.91 Å². The van der Waals surface area contributed by atoms with Gasteiger partial charge >= 0.3 is 0 Å². The molecule has 0 aliphatic carbocycles. The fourth-order valence-corrected chi connectivity index (χ4v) is 3.66. The number of hydrogen-bond donors (Lipinski definition) is 1. The molecule has 0 fully saturated rings. The highest BCUT2D eigenvalue weighted by Gasteiger charge is 2.16. The van der Waals surface area contributed by atoms with E-state index < -0.39 is 15.7 Å². The number of sulfone groups is 1. The standard InChI is InChI=1S/C19H17FN2O4S/c20-15-8-6-14(7-9-15)18-12-16(22-26-18)13-21-19(23)10-11-27(24,25)17-4-2-1-3-5-17/h1-9,12H,10-11,13H2,(H,21,23). The Balaban J connectivity index is 1.52. The van der Waals surface area contributed by atoms with Crippen molar-refractivity contribution in [3.63, 3.8) is 0 Å². The number of carbonyl (C=O) groups excluding carboxylic acids is 1. The molecule has 2 aromatic carbocycles. The van der Waals surface area contributed by atoms with Crippen molar-refractivity contribution in [3.05, 3.63) is 72.2 Å². The summed E-state index contributed by atoms with van der Waals surface area (Å²) in [6.07, 6.45) is -0.153. The predicted octanol–water partition coefficient (Wildman–Crippen LogP) is 2.96. The molecule has 1 heterocycles. The number of amides is 1. The summed E-state index contributed by atoms with van der Waals surface area (Å²) in [6, 6.07) is 15.4. The second-order valence-electron chi connectivity index (χ2n) is 5.85. The molecule has 1 amide bonds. The van der Waals surface area contributed by atoms with Crippen molar-refractivity contribution in [3.8, 4) is 11.3 Å². The van der Waals surface area contributed by atoms with E-state index in [2.05, 4.69) is 10.5 Å². The third-order valence-corrected chi connectivity index (χ3v) is 5.59. The molecular formula is C19H17FN2O4S. The second-order valence-corrected chi connectivity index (χ2v) is 7.96. The SMILES string of the molecule is O=C(CCS(=O)(=O)c1ccccc1)NCc1cc(-c2ccc(F)cc2)on1. The van der Waals surface area contributed by atoms with Crippen LogP contribution in [0.25, 0.3) is 11.3 Å². The summed E-state index contributed by atoms with van der Waals surface area (Å²) in [7, 11) is -3.50. The van der Waals surface area contributed by atoms with Crippen LogP contribution in [0.4, 0.5) is 4.39 Å². The molecule has 0 aliphatic heterocycles. The van der Waals surface area contributed by atoms with Crippen LogP contribution in [0, 0.1) is 5.82 Å². The van der Waals surface area contributed by atoms with Crippen LogP contribution < -0.4 is 5.32 Å². The Morgan fingerprint density at radius 2 is 1.78 bits per heavy atom. The van der Waals surface area contributed by atoms with Gasteiger partial charge in [0.25, 0.3) is 0 Å². The molecule has 0 saturated heterocycles. The van der Waals surface area contributed by atoms with Crippen molar-refractivity contribution in [1.82, 2.24) is 10.5 Å². The first kappa shape index (κ1) is 18.8. The normalized spacial score (nSPS) is 11.3. The predicted molar refractivity (Wildman–Crippen MR) is 96.9 cm³/mol. The molecule has 8 heteroatoms. The summed E-state index contributed by atoms with van der Waals surface area (Å²) >= 11 is 0. The van der Waals surface area contributed by atoms with Crippen molar-refractivity contribution >= 4 is 15.7 Å². The minimum Gasteiger partial charge on any atom is -0.356 e. The van der Waals surface area contributed by atoms with Gasteiger partial charge in [-0.15, -0.1) is 0 Å². The van der Waals surface area contributed by atoms with Crippen LogP contribution in [0.2, 0.25) is 0 Å². The Morgan fingerprint density at radius 3 is 2.48 bits per heavy atom. The Labute approximate surface area is 155 Å². The van der Waals surface area contributed by atoms with Crippen molar-refractivity contribution in [2.75, 3.05) is 5.75 Å². The molecule has 1 aromatic heterocycles. The molecule has 140 valence electrons. The lowest BCUT2D eigenvalue weighted by Crippen LogP contribution is -2.25. The second kappa shape index (κ2) is 8.13. The molecule has 0 atom stereocenters. The number of nitrogens with one attached hydrogen (secondary N) is 1. The average molecular weight is 388 g/mol. The lowest BCUT2D eigenvalue weighted by Gasteiger charge is -2.05. The molecule has 0 bridgehead atoms. The van der Waals surface area contributed by atoms with Crippen LogP contribution in [0.3, 0.4) is 0 Å². The highest BCUT2D eigenvalue weighted by molar-refractivity contribution is 7.91. The Bertz CT molecular complexity index is 1020. The van der Waals surface area contributed by atoms with E-state index in [0.29, 0.717) is 17.0 Å². The highest BCUT2D eigenvalue weighted by atomic mass is 32.2. The Kier molecular flexibility index (Phi) is 5.66. The maximum Gasteiger partial charge on any atom is 0.221 e. The molecule has 0 saturated carbocycles. The monoisotopic (exact) mass is 388 g/mol. The fraction of sp³-hybridized carbons (Fsp3) is 0.158. The van der Waals surface area contributed by atoms with Gasteiger partial charge in [0.1, 0.15) is 11.5 Å². The first-order valence-electron chi connectivity index (χ1n) is 8.20. The molecule has 27 heavy (non-hydrogen) atoms. The van der Waals surface area contributed by atoms with Crippen LogP contribution in [0.5, 0.6) is 0 Å². The zero-order valence-corrected chi connectivity index (χ0v) is 15.1. The van der Waals surface area contributed by atoms with E-state index in [4.69, 9.17) is 4.52 Å². The van der Waals surface area contributed by atoms with Crippen molar-refractivity contribution in [2.45, 2.75) is 17.9 Å². The van der Waals surface area contributed by atoms with Gasteiger partial charge < -0.3 is 9.84 Å². The van der Waals surface area contributed by atoms with Gasteiger partial charge in [-0.3, -0.25) is 4.79 Å². The molecule has 6 nitrogen and oxygen atoms in total. The topological polar surface area (TPSA) is 89.3 Å². The van der Waals surface area contributed by atoms with Gasteiger partial charge in [-0.2, -0.15) is 0 Å². The minimum absolute atomic E-state index is 0.106. The number of carbonyl (C=O) groups is 1. The van der Waals surface area contributed by atoms with Gasteiger partial charge in [0, 0.05) is 18.1 Å². The number of aromatic nitrogens is 1. The lowest BCUT2D eigenvalue weighted by atomic mass is 10.1. The molecule has 0 spiro atoms. The maximum atomic E-state index is 12.9. The summed E-state index contributed by atoms with van der Waals surface area (Å²) in [6.45, 7) is 0.106. The molecule has 3 rings (SSSR count). The molecule has 0 radical (unpaired) electrons. The van der Waals surface area contributed by atoms with E-state index in [1.807, 2.05) is 0 Å². The van der Waals surface area contributed by atoms with Gasteiger partial charge in [0.15, 0.2) is 15.6 Å². The van der Waals surface area contributed by atoms with E-state index in [1.54, 1.807) is 36.4 Å². The van der Waals surface area contributed by atoms with Crippen LogP contribution in [-0.4, -0.2) is 25.2 Å². The van der Waals surface area contributed by atoms with E-state index in [0.717, 1.165) is 0 Å². The number of halogens is 1. The third-order valence-electron chi connectivity index (χ3n) is 3.85. The van der Waals surface area contributed by atoms with Gasteiger partial charge in [-0.25, -0.2) is 12.8 Å². The van der Waals surface area contributed by atoms with Gasteiger partial charge in [-0.05, 0) is 36.4 Å². The van der Waals surface area contributed by atoms with E-state index in [1.165, 1.54) is 24.3 Å². The van der Waals surface area contributed by atoms with E-state index in [-0.39, 0.29) is 29.4 Å². The van der Waals surface area contributed by atoms with Crippen LogP contribution in [0.1, 0.15) is 12.1 Å². The summed E-state index contributed by atoms with van der Waals surface area (Å²) in [5.74, 6) is -0.578. The number of hydrogen-bond acceptors (Lipinski definition) is 5. The van der Waals surface area contributed by atoms with Crippen LogP contribution in [0.15, 0.2) is 70.1 Å². The lowest BCUT2D eigenvalue weighted by molar-refractivity contribution is -0.120. The van der Waals surface area contributed by atoms with E-state index in [9.17, 15) is 17.6 Å². The largest absolute Gasteiger partial charge is 0.356 e. The fourth-order valence-electron chi connectivity index (χ4n) is 2.40. The zero-order valence-electron chi connectivity index (χ0n) is 14.3. The number of nitrogens with zero attached hydrogens (tertiary/aromatic N) is 1. The van der Waals surface area contributed by atoms with Gasteiger partial charge in [-0.1, -0.05) is 23.4 Å². The summed E-state index contributed by atoms with van der Waals surface area (Å²) in [5.41, 5.74) is 1.14. The van der Waals surface area contributed by atoms with Crippen molar-refractivity contribution in [2.24, 2.45) is 0 Å². The summed E-state index contributed by atoms with van der Waals surface area (Å²) < 4.78 is 42.4. The molecule has 3 aromatic rings. The van der Waals surface area contributed by atoms with Crippen LogP contribution >= 0.6 is 0 Å². The summed E-state index contributed by atoms with van der Waals surface area (Å²) in [4.78, 5) is 12.1. The third kappa shape index (κ3) is 5.01. The van der Waals surface area contributed by atoms with E-state index >= 15 is 0 Å².